The summed E-state index contributed by atoms with van der Waals surface area (Å²) in [5, 5.41) is 14.2. The molecule has 1 aromatic heterocycles. The standard InChI is InChI=1S/C14H18N2O2/c1-10(2)8-16-9-11(7-15-16)13-5-4-12(18-3)6-14(13)17/h4-7,9-10,17H,8H2,1-3H3. The maximum atomic E-state index is 9.95. The number of hydrogen-bond acceptors (Lipinski definition) is 3. The minimum Gasteiger partial charge on any atom is -0.507 e. The van der Waals surface area contributed by atoms with Crippen LogP contribution in [0.1, 0.15) is 13.8 Å². The SMILES string of the molecule is COc1ccc(-c2cnn(CC(C)C)c2)c(O)c1. The molecule has 4 nitrogen and oxygen atoms in total. The molecule has 2 rings (SSSR count). The van der Waals surface area contributed by atoms with Gasteiger partial charge in [-0.3, -0.25) is 4.68 Å². The molecular formula is C14H18N2O2. The molecular weight excluding hydrogens is 228 g/mol. The Morgan fingerprint density at radius 1 is 1.39 bits per heavy atom. The van der Waals surface area contributed by atoms with Crippen molar-refractivity contribution < 1.29 is 9.84 Å². The van der Waals surface area contributed by atoms with Crippen LogP contribution in [0.4, 0.5) is 0 Å². The number of nitrogens with zero attached hydrogens (tertiary/aromatic N) is 2. The Bertz CT molecular complexity index is 532. The van der Waals surface area contributed by atoms with E-state index in [1.54, 1.807) is 19.4 Å². The molecule has 2 aromatic rings. The Morgan fingerprint density at radius 3 is 2.78 bits per heavy atom. The number of phenols is 1. The summed E-state index contributed by atoms with van der Waals surface area (Å²) in [5.74, 6) is 1.39. The van der Waals surface area contributed by atoms with E-state index in [1.165, 1.54) is 0 Å². The molecule has 1 N–H and O–H groups in total. The fourth-order valence-electron chi connectivity index (χ4n) is 1.86. The molecule has 96 valence electrons. The number of rotatable bonds is 4. The summed E-state index contributed by atoms with van der Waals surface area (Å²) in [5.41, 5.74) is 1.68. The lowest BCUT2D eigenvalue weighted by atomic mass is 10.1. The normalized spacial score (nSPS) is 10.9. The zero-order valence-corrected chi connectivity index (χ0v) is 10.9. The number of aromatic nitrogens is 2. The minimum absolute atomic E-state index is 0.207. The average Bonchev–Trinajstić information content (AvgIpc) is 2.76. The molecule has 1 heterocycles. The van der Waals surface area contributed by atoms with Crippen LogP contribution >= 0.6 is 0 Å². The lowest BCUT2D eigenvalue weighted by molar-refractivity contribution is 0.408. The molecule has 0 unspecified atom stereocenters. The van der Waals surface area contributed by atoms with E-state index in [1.807, 2.05) is 23.0 Å². The van der Waals surface area contributed by atoms with E-state index in [0.717, 1.165) is 17.7 Å². The van der Waals surface area contributed by atoms with Crippen molar-refractivity contribution in [3.05, 3.63) is 30.6 Å². The van der Waals surface area contributed by atoms with Gasteiger partial charge in [-0.2, -0.15) is 5.10 Å². The molecule has 0 aliphatic heterocycles. The van der Waals surface area contributed by atoms with Crippen molar-refractivity contribution in [3.8, 4) is 22.6 Å². The van der Waals surface area contributed by atoms with Gasteiger partial charge in [-0.05, 0) is 18.1 Å². The van der Waals surface area contributed by atoms with Crippen LogP contribution in [0.3, 0.4) is 0 Å². The van der Waals surface area contributed by atoms with Crippen molar-refractivity contribution >= 4 is 0 Å². The zero-order chi connectivity index (χ0) is 13.1. The van der Waals surface area contributed by atoms with Crippen LogP contribution in [0.2, 0.25) is 0 Å². The fourth-order valence-corrected chi connectivity index (χ4v) is 1.86. The minimum atomic E-state index is 0.207. The van der Waals surface area contributed by atoms with E-state index < -0.39 is 0 Å². The van der Waals surface area contributed by atoms with Crippen LogP contribution in [0.25, 0.3) is 11.1 Å². The Kier molecular flexibility index (Phi) is 3.55. The van der Waals surface area contributed by atoms with Gasteiger partial charge in [0, 0.05) is 29.9 Å². The average molecular weight is 246 g/mol. The highest BCUT2D eigenvalue weighted by atomic mass is 16.5. The first-order valence-electron chi connectivity index (χ1n) is 6.00. The van der Waals surface area contributed by atoms with Gasteiger partial charge in [-0.15, -0.1) is 0 Å². The van der Waals surface area contributed by atoms with Gasteiger partial charge in [0.1, 0.15) is 11.5 Å². The second-order valence-electron chi connectivity index (χ2n) is 4.73. The summed E-state index contributed by atoms with van der Waals surface area (Å²) in [6.07, 6.45) is 3.71. The molecule has 1 aromatic carbocycles. The molecule has 0 fully saturated rings. The van der Waals surface area contributed by atoms with Gasteiger partial charge in [0.2, 0.25) is 0 Å². The first-order chi connectivity index (χ1) is 8.60. The molecule has 0 saturated carbocycles. The Morgan fingerprint density at radius 2 is 2.17 bits per heavy atom. The zero-order valence-electron chi connectivity index (χ0n) is 10.9. The van der Waals surface area contributed by atoms with Crippen LogP contribution in [-0.4, -0.2) is 22.0 Å². The van der Waals surface area contributed by atoms with E-state index in [9.17, 15) is 5.11 Å². The summed E-state index contributed by atoms with van der Waals surface area (Å²) in [7, 11) is 1.58. The number of benzene rings is 1. The topological polar surface area (TPSA) is 47.3 Å². The van der Waals surface area contributed by atoms with Gasteiger partial charge < -0.3 is 9.84 Å². The van der Waals surface area contributed by atoms with Gasteiger partial charge >= 0.3 is 0 Å². The Labute approximate surface area is 107 Å². The largest absolute Gasteiger partial charge is 0.507 e. The smallest absolute Gasteiger partial charge is 0.127 e. The van der Waals surface area contributed by atoms with Crippen LogP contribution in [-0.2, 0) is 6.54 Å². The summed E-state index contributed by atoms with van der Waals surface area (Å²) < 4.78 is 6.96. The molecule has 4 heteroatoms. The maximum Gasteiger partial charge on any atom is 0.127 e. The van der Waals surface area contributed by atoms with Crippen LogP contribution in [0.5, 0.6) is 11.5 Å². The van der Waals surface area contributed by atoms with Gasteiger partial charge in [0.05, 0.1) is 13.3 Å². The third-order valence-corrected chi connectivity index (χ3v) is 2.70. The van der Waals surface area contributed by atoms with Crippen molar-refractivity contribution in [1.82, 2.24) is 9.78 Å². The number of methoxy groups -OCH3 is 1. The van der Waals surface area contributed by atoms with E-state index in [4.69, 9.17) is 4.74 Å². The maximum absolute atomic E-state index is 9.95. The van der Waals surface area contributed by atoms with Crippen molar-refractivity contribution in [2.45, 2.75) is 20.4 Å². The van der Waals surface area contributed by atoms with Gasteiger partial charge in [-0.1, -0.05) is 13.8 Å². The van der Waals surface area contributed by atoms with Crippen LogP contribution in [0, 0.1) is 5.92 Å². The summed E-state index contributed by atoms with van der Waals surface area (Å²) in [4.78, 5) is 0. The molecule has 0 saturated heterocycles. The fraction of sp³-hybridized carbons (Fsp3) is 0.357. The second-order valence-corrected chi connectivity index (χ2v) is 4.73. The van der Waals surface area contributed by atoms with E-state index in [-0.39, 0.29) is 5.75 Å². The van der Waals surface area contributed by atoms with Crippen LogP contribution in [0.15, 0.2) is 30.6 Å². The summed E-state index contributed by atoms with van der Waals surface area (Å²) in [6, 6.07) is 5.27. The number of phenolic OH excluding ortho intramolecular Hbond substituents is 1. The van der Waals surface area contributed by atoms with E-state index >= 15 is 0 Å². The molecule has 18 heavy (non-hydrogen) atoms. The van der Waals surface area contributed by atoms with Gasteiger partial charge in [-0.25, -0.2) is 0 Å². The first kappa shape index (κ1) is 12.5. The quantitative estimate of drug-likeness (QED) is 0.902. The van der Waals surface area contributed by atoms with Crippen LogP contribution < -0.4 is 4.74 Å². The summed E-state index contributed by atoms with van der Waals surface area (Å²) >= 11 is 0. The third kappa shape index (κ3) is 2.64. The van der Waals surface area contributed by atoms with E-state index in [2.05, 4.69) is 18.9 Å². The van der Waals surface area contributed by atoms with E-state index in [0.29, 0.717) is 11.7 Å². The first-order valence-corrected chi connectivity index (χ1v) is 6.00. The van der Waals surface area contributed by atoms with Crippen molar-refractivity contribution in [2.75, 3.05) is 7.11 Å². The lowest BCUT2D eigenvalue weighted by Crippen LogP contribution is -2.03. The molecule has 0 aliphatic carbocycles. The predicted octanol–water partition coefficient (Wildman–Crippen LogP) is 2.92. The summed E-state index contributed by atoms with van der Waals surface area (Å²) in [6.45, 7) is 5.16. The van der Waals surface area contributed by atoms with Crippen molar-refractivity contribution in [2.24, 2.45) is 5.92 Å². The van der Waals surface area contributed by atoms with Gasteiger partial charge in [0.15, 0.2) is 0 Å². The molecule has 0 amide bonds. The number of ether oxygens (including phenoxy) is 1. The monoisotopic (exact) mass is 246 g/mol. The molecule has 0 bridgehead atoms. The highest BCUT2D eigenvalue weighted by molar-refractivity contribution is 5.69. The number of aromatic hydroxyl groups is 1. The Hall–Kier alpha value is -1.97. The molecule has 0 spiro atoms. The highest BCUT2D eigenvalue weighted by Crippen LogP contribution is 2.32. The highest BCUT2D eigenvalue weighted by Gasteiger charge is 2.08. The van der Waals surface area contributed by atoms with Gasteiger partial charge in [0.25, 0.3) is 0 Å². The lowest BCUT2D eigenvalue weighted by Gasteiger charge is -2.05. The molecule has 0 atom stereocenters. The van der Waals surface area contributed by atoms with Crippen molar-refractivity contribution in [1.29, 1.82) is 0 Å². The third-order valence-electron chi connectivity index (χ3n) is 2.70. The molecule has 0 radical (unpaired) electrons. The molecule has 0 aliphatic rings. The number of hydrogen-bond donors (Lipinski definition) is 1. The van der Waals surface area contributed by atoms with Crippen molar-refractivity contribution in [3.63, 3.8) is 0 Å². The second kappa shape index (κ2) is 5.12. The predicted molar refractivity (Wildman–Crippen MR) is 70.7 cm³/mol. The Balaban J connectivity index is 2.28.